The molecule has 1 aliphatic rings. The fourth-order valence-corrected chi connectivity index (χ4v) is 2.27. The van der Waals surface area contributed by atoms with Gasteiger partial charge in [-0.15, -0.1) is 0 Å². The number of hydrogen-bond donors (Lipinski definition) is 1. The fraction of sp³-hybridized carbons (Fsp3) is 0.133. The number of aliphatic hydroxyl groups is 1. The summed E-state index contributed by atoms with van der Waals surface area (Å²) in [4.78, 5) is 11.7. The van der Waals surface area contributed by atoms with E-state index in [0.717, 1.165) is 5.56 Å². The van der Waals surface area contributed by atoms with Crippen LogP contribution in [0, 0.1) is 0 Å². The topological polar surface area (TPSA) is 46.5 Å². The molecule has 0 aromatic heterocycles. The van der Waals surface area contributed by atoms with Crippen molar-refractivity contribution >= 4 is 5.97 Å². The quantitative estimate of drug-likeness (QED) is 0.819. The third-order valence-corrected chi connectivity index (χ3v) is 3.12. The van der Waals surface area contributed by atoms with Crippen LogP contribution in [0.25, 0.3) is 0 Å². The molecule has 1 aliphatic heterocycles. The Morgan fingerprint density at radius 2 is 1.67 bits per heavy atom. The zero-order chi connectivity index (χ0) is 12.6. The Morgan fingerprint density at radius 1 is 1.00 bits per heavy atom. The minimum Gasteiger partial charge on any atom is -0.425 e. The molecule has 3 heteroatoms. The van der Waals surface area contributed by atoms with Crippen molar-refractivity contribution in [1.82, 2.24) is 0 Å². The van der Waals surface area contributed by atoms with E-state index in [9.17, 15) is 9.90 Å². The minimum absolute atomic E-state index is 0.261. The Labute approximate surface area is 105 Å². The molecule has 0 radical (unpaired) electrons. The lowest BCUT2D eigenvalue weighted by Crippen LogP contribution is -2.28. The van der Waals surface area contributed by atoms with Gasteiger partial charge in [-0.3, -0.25) is 0 Å². The van der Waals surface area contributed by atoms with Gasteiger partial charge >= 0.3 is 5.97 Å². The Bertz CT molecular complexity index is 592. The van der Waals surface area contributed by atoms with Crippen LogP contribution in [0.3, 0.4) is 0 Å². The average molecular weight is 240 g/mol. The lowest BCUT2D eigenvalue weighted by atomic mass is 9.96. The predicted molar refractivity (Wildman–Crippen MR) is 65.9 cm³/mol. The monoisotopic (exact) mass is 240 g/mol. The molecule has 0 fully saturated rings. The second kappa shape index (κ2) is 3.96. The Hall–Kier alpha value is -2.13. The van der Waals surface area contributed by atoms with Crippen molar-refractivity contribution in [3.63, 3.8) is 0 Å². The predicted octanol–water partition coefficient (Wildman–Crippen LogP) is 2.24. The number of fused-ring (bicyclic) bond motifs is 1. The van der Waals surface area contributed by atoms with Crippen molar-refractivity contribution in [2.75, 3.05) is 0 Å². The van der Waals surface area contributed by atoms with Crippen molar-refractivity contribution < 1.29 is 14.6 Å². The highest BCUT2D eigenvalue weighted by Gasteiger charge is 2.43. The second-order valence-electron chi connectivity index (χ2n) is 4.38. The smallest absolute Gasteiger partial charge is 0.341 e. The van der Waals surface area contributed by atoms with E-state index in [1.54, 1.807) is 24.3 Å². The summed E-state index contributed by atoms with van der Waals surface area (Å²) in [5.41, 5.74) is 1.90. The van der Waals surface area contributed by atoms with Crippen molar-refractivity contribution in [2.24, 2.45) is 0 Å². The molecule has 3 nitrogen and oxygen atoms in total. The number of carbonyl (C=O) groups excluding carboxylic acids is 1. The van der Waals surface area contributed by atoms with E-state index in [4.69, 9.17) is 4.74 Å². The molecule has 0 bridgehead atoms. The summed E-state index contributed by atoms with van der Waals surface area (Å²) in [5, 5.41) is 10.5. The van der Waals surface area contributed by atoms with Gasteiger partial charge in [0, 0.05) is 12.0 Å². The number of cyclic esters (lactones) is 1. The van der Waals surface area contributed by atoms with Gasteiger partial charge in [-0.2, -0.15) is 0 Å². The maximum absolute atomic E-state index is 11.7. The molecule has 1 N–H and O–H groups in total. The molecule has 18 heavy (non-hydrogen) atoms. The van der Waals surface area contributed by atoms with Gasteiger partial charge in [0.25, 0.3) is 0 Å². The number of carbonyl (C=O) groups is 1. The van der Waals surface area contributed by atoms with Crippen molar-refractivity contribution in [2.45, 2.75) is 12.2 Å². The first-order valence-corrected chi connectivity index (χ1v) is 5.78. The minimum atomic E-state index is -1.55. The van der Waals surface area contributed by atoms with E-state index >= 15 is 0 Å². The fourth-order valence-electron chi connectivity index (χ4n) is 2.27. The summed E-state index contributed by atoms with van der Waals surface area (Å²) in [7, 11) is 0. The molecule has 90 valence electrons. The molecule has 0 amide bonds. The van der Waals surface area contributed by atoms with Gasteiger partial charge in [0.1, 0.15) is 0 Å². The lowest BCUT2D eigenvalue weighted by Gasteiger charge is -2.22. The van der Waals surface area contributed by atoms with E-state index in [0.29, 0.717) is 11.1 Å². The van der Waals surface area contributed by atoms with E-state index in [-0.39, 0.29) is 6.42 Å². The van der Waals surface area contributed by atoms with Crippen molar-refractivity contribution in [3.05, 3.63) is 71.3 Å². The molecule has 0 spiro atoms. The first-order valence-electron chi connectivity index (χ1n) is 5.78. The zero-order valence-corrected chi connectivity index (χ0v) is 9.67. The first kappa shape index (κ1) is 11.0. The van der Waals surface area contributed by atoms with Crippen LogP contribution in [0.5, 0.6) is 0 Å². The van der Waals surface area contributed by atoms with Crippen LogP contribution in [0.15, 0.2) is 54.6 Å². The normalized spacial score (nSPS) is 21.5. The SMILES string of the molecule is O=C1OC(O)(Cc2ccccc2)c2ccccc21. The third kappa shape index (κ3) is 1.69. The van der Waals surface area contributed by atoms with E-state index in [2.05, 4.69) is 0 Å². The van der Waals surface area contributed by atoms with Crippen LogP contribution in [-0.4, -0.2) is 11.1 Å². The van der Waals surface area contributed by atoms with Gasteiger partial charge in [0.05, 0.1) is 5.56 Å². The van der Waals surface area contributed by atoms with Crippen molar-refractivity contribution in [1.29, 1.82) is 0 Å². The number of hydrogen-bond acceptors (Lipinski definition) is 3. The Balaban J connectivity index is 2.00. The van der Waals surface area contributed by atoms with Gasteiger partial charge in [0.2, 0.25) is 5.79 Å². The summed E-state index contributed by atoms with van der Waals surface area (Å²) in [6.07, 6.45) is 0.261. The summed E-state index contributed by atoms with van der Waals surface area (Å²) in [5.74, 6) is -2.02. The van der Waals surface area contributed by atoms with Crippen LogP contribution in [0.1, 0.15) is 21.5 Å². The summed E-state index contributed by atoms with van der Waals surface area (Å²) < 4.78 is 5.14. The molecule has 1 atom stereocenters. The number of esters is 1. The van der Waals surface area contributed by atoms with Crippen LogP contribution >= 0.6 is 0 Å². The summed E-state index contributed by atoms with van der Waals surface area (Å²) in [6, 6.07) is 16.4. The van der Waals surface area contributed by atoms with Gasteiger partial charge in [-0.25, -0.2) is 4.79 Å². The molecule has 0 saturated carbocycles. The summed E-state index contributed by atoms with van der Waals surface area (Å²) in [6.45, 7) is 0. The van der Waals surface area contributed by atoms with E-state index in [1.165, 1.54) is 0 Å². The zero-order valence-electron chi connectivity index (χ0n) is 9.67. The average Bonchev–Trinajstić information content (AvgIpc) is 2.63. The molecular formula is C15H12O3. The molecule has 1 unspecified atom stereocenters. The van der Waals surface area contributed by atoms with E-state index in [1.807, 2.05) is 30.3 Å². The highest BCUT2D eigenvalue weighted by molar-refractivity contribution is 5.94. The standard InChI is InChI=1S/C15H12O3/c16-14-12-8-4-5-9-13(12)15(17,18-14)10-11-6-2-1-3-7-11/h1-9,17H,10H2. The number of rotatable bonds is 2. The first-order chi connectivity index (χ1) is 8.69. The second-order valence-corrected chi connectivity index (χ2v) is 4.38. The van der Waals surface area contributed by atoms with Crippen LogP contribution < -0.4 is 0 Å². The van der Waals surface area contributed by atoms with E-state index < -0.39 is 11.8 Å². The largest absolute Gasteiger partial charge is 0.425 e. The molecule has 3 rings (SSSR count). The highest BCUT2D eigenvalue weighted by Crippen LogP contribution is 2.36. The third-order valence-electron chi connectivity index (χ3n) is 3.12. The molecule has 0 aliphatic carbocycles. The lowest BCUT2D eigenvalue weighted by molar-refractivity contribution is -0.161. The highest BCUT2D eigenvalue weighted by atomic mass is 16.7. The molecule has 2 aromatic carbocycles. The van der Waals surface area contributed by atoms with Crippen LogP contribution in [-0.2, 0) is 16.9 Å². The van der Waals surface area contributed by atoms with Gasteiger partial charge in [-0.1, -0.05) is 48.5 Å². The van der Waals surface area contributed by atoms with Crippen molar-refractivity contribution in [3.8, 4) is 0 Å². The Kier molecular flexibility index (Phi) is 2.42. The number of benzene rings is 2. The Morgan fingerprint density at radius 3 is 2.44 bits per heavy atom. The van der Waals surface area contributed by atoms with Gasteiger partial charge in [0.15, 0.2) is 0 Å². The van der Waals surface area contributed by atoms with Crippen LogP contribution in [0.2, 0.25) is 0 Å². The summed E-state index contributed by atoms with van der Waals surface area (Å²) >= 11 is 0. The molecule has 2 aromatic rings. The molecule has 0 saturated heterocycles. The molecule has 1 heterocycles. The maximum atomic E-state index is 11.7. The maximum Gasteiger partial charge on any atom is 0.341 e. The van der Waals surface area contributed by atoms with Gasteiger partial charge in [-0.05, 0) is 11.6 Å². The van der Waals surface area contributed by atoms with Crippen LogP contribution in [0.4, 0.5) is 0 Å². The number of ether oxygens (including phenoxy) is 1. The van der Waals surface area contributed by atoms with Gasteiger partial charge < -0.3 is 9.84 Å². The molecular weight excluding hydrogens is 228 g/mol.